The molecule has 0 bridgehead atoms. The molecule has 0 aromatic heterocycles. The maximum Gasteiger partial charge on any atom is 0.412 e. The Labute approximate surface area is 270 Å². The molecule has 8 nitrogen and oxygen atoms in total. The third kappa shape index (κ3) is 24.1. The molecule has 0 saturated carbocycles. The lowest BCUT2D eigenvalue weighted by Crippen LogP contribution is -2.27. The summed E-state index contributed by atoms with van der Waals surface area (Å²) in [6.45, 7) is 6.79. The molecule has 1 aromatic rings. The zero-order valence-corrected chi connectivity index (χ0v) is 28.8. The van der Waals surface area contributed by atoms with Crippen molar-refractivity contribution < 1.29 is 19.1 Å². The first-order valence-electron chi connectivity index (χ1n) is 17.8. The second-order valence-electron chi connectivity index (χ2n) is 12.5. The second kappa shape index (κ2) is 28.2. The molecular formula is C36H66N4O4. The molecule has 8 heteroatoms. The summed E-state index contributed by atoms with van der Waals surface area (Å²) in [5.74, 6) is 0. The summed E-state index contributed by atoms with van der Waals surface area (Å²) in [5, 5.41) is 5.47. The minimum absolute atomic E-state index is 0.236. The first kappa shape index (κ1) is 39.7. The summed E-state index contributed by atoms with van der Waals surface area (Å²) in [6, 6.07) is 6.96. The van der Waals surface area contributed by atoms with Crippen LogP contribution in [0.2, 0.25) is 0 Å². The van der Waals surface area contributed by atoms with E-state index in [0.717, 1.165) is 25.9 Å². The molecule has 44 heavy (non-hydrogen) atoms. The third-order valence-electron chi connectivity index (χ3n) is 7.97. The average Bonchev–Trinajstić information content (AvgIpc) is 3.01. The van der Waals surface area contributed by atoms with Crippen LogP contribution in [0.25, 0.3) is 0 Å². The van der Waals surface area contributed by atoms with Gasteiger partial charge in [-0.05, 0) is 45.1 Å². The van der Waals surface area contributed by atoms with Crippen molar-refractivity contribution in [3.8, 4) is 0 Å². The number of amides is 2. The van der Waals surface area contributed by atoms with Crippen LogP contribution in [-0.2, 0) is 9.47 Å². The van der Waals surface area contributed by atoms with E-state index in [9.17, 15) is 9.59 Å². The maximum atomic E-state index is 12.3. The molecule has 0 heterocycles. The molecule has 0 aliphatic heterocycles. The molecule has 0 aliphatic carbocycles. The van der Waals surface area contributed by atoms with E-state index in [1.807, 2.05) is 23.9 Å². The summed E-state index contributed by atoms with van der Waals surface area (Å²) in [6.07, 6.45) is 25.0. The van der Waals surface area contributed by atoms with Gasteiger partial charge < -0.3 is 9.47 Å². The minimum atomic E-state index is -0.520. The molecule has 0 unspecified atom stereocenters. The van der Waals surface area contributed by atoms with Gasteiger partial charge in [0.15, 0.2) is 0 Å². The third-order valence-corrected chi connectivity index (χ3v) is 7.97. The molecule has 254 valence electrons. The quantitative estimate of drug-likeness (QED) is 0.0718. The van der Waals surface area contributed by atoms with Crippen LogP contribution < -0.4 is 10.6 Å². The molecule has 0 spiro atoms. The van der Waals surface area contributed by atoms with Gasteiger partial charge in [0.25, 0.3) is 0 Å². The van der Waals surface area contributed by atoms with Crippen molar-refractivity contribution in [1.29, 1.82) is 0 Å². The van der Waals surface area contributed by atoms with Crippen LogP contribution in [-0.4, -0.2) is 62.6 Å². The van der Waals surface area contributed by atoms with E-state index in [1.165, 1.54) is 116 Å². The number of rotatable bonds is 28. The molecular weight excluding hydrogens is 552 g/mol. The first-order valence-corrected chi connectivity index (χ1v) is 17.8. The predicted molar refractivity (Wildman–Crippen MR) is 185 cm³/mol. The fourth-order valence-electron chi connectivity index (χ4n) is 5.19. The molecule has 1 rings (SSSR count). The Bertz CT molecular complexity index is 775. The summed E-state index contributed by atoms with van der Waals surface area (Å²) in [4.78, 5) is 28.6. The van der Waals surface area contributed by atoms with Gasteiger partial charge >= 0.3 is 12.2 Å². The van der Waals surface area contributed by atoms with E-state index in [4.69, 9.17) is 9.47 Å². The molecule has 0 radical (unpaired) electrons. The van der Waals surface area contributed by atoms with Crippen LogP contribution >= 0.6 is 0 Å². The summed E-state index contributed by atoms with van der Waals surface area (Å²) in [7, 11) is 3.93. The monoisotopic (exact) mass is 619 g/mol. The van der Waals surface area contributed by atoms with Gasteiger partial charge in [0.2, 0.25) is 0 Å². The van der Waals surface area contributed by atoms with Crippen molar-refractivity contribution in [2.45, 2.75) is 142 Å². The Balaban J connectivity index is 2.12. The van der Waals surface area contributed by atoms with Gasteiger partial charge in [-0.15, -0.1) is 0 Å². The Hall–Kier alpha value is -2.32. The number of nitrogens with one attached hydrogen (secondary N) is 2. The fourth-order valence-corrected chi connectivity index (χ4v) is 5.19. The van der Waals surface area contributed by atoms with Gasteiger partial charge in [-0.1, -0.05) is 135 Å². The minimum Gasteiger partial charge on any atom is -0.433 e. The zero-order valence-electron chi connectivity index (χ0n) is 28.8. The van der Waals surface area contributed by atoms with Crippen molar-refractivity contribution in [2.75, 3.05) is 51.3 Å². The Morgan fingerprint density at radius 3 is 1.20 bits per heavy atom. The van der Waals surface area contributed by atoms with Gasteiger partial charge in [-0.25, -0.2) is 9.59 Å². The number of benzene rings is 1. The van der Waals surface area contributed by atoms with Gasteiger partial charge in [0.1, 0.15) is 13.5 Å². The lowest BCUT2D eigenvalue weighted by Gasteiger charge is -2.17. The summed E-state index contributed by atoms with van der Waals surface area (Å²) >= 11 is 0. The van der Waals surface area contributed by atoms with Crippen LogP contribution in [0.3, 0.4) is 0 Å². The van der Waals surface area contributed by atoms with E-state index in [1.54, 1.807) is 24.3 Å². The van der Waals surface area contributed by atoms with E-state index >= 15 is 0 Å². The lowest BCUT2D eigenvalue weighted by atomic mass is 10.1. The molecule has 0 fully saturated rings. The highest BCUT2D eigenvalue weighted by molar-refractivity contribution is 5.88. The molecule has 0 saturated heterocycles. The lowest BCUT2D eigenvalue weighted by molar-refractivity contribution is 0.0919. The SMILES string of the molecule is CCCCCCCCCCCCN(C)COC(=O)Nc1cccc(NC(=O)OCN(C)CCCCCCCCCCCC)c1. The highest BCUT2D eigenvalue weighted by Crippen LogP contribution is 2.16. The largest absolute Gasteiger partial charge is 0.433 e. The number of carbonyl (C=O) groups is 2. The molecule has 0 aliphatic rings. The van der Waals surface area contributed by atoms with E-state index in [-0.39, 0.29) is 13.5 Å². The fraction of sp³-hybridized carbons (Fsp3) is 0.778. The van der Waals surface area contributed by atoms with Crippen molar-refractivity contribution in [3.05, 3.63) is 24.3 Å². The number of hydrogen-bond donors (Lipinski definition) is 2. The molecule has 1 aromatic carbocycles. The second-order valence-corrected chi connectivity index (χ2v) is 12.5. The summed E-state index contributed by atoms with van der Waals surface area (Å²) < 4.78 is 10.7. The van der Waals surface area contributed by atoms with E-state index in [2.05, 4.69) is 24.5 Å². The number of ether oxygens (including phenoxy) is 2. The van der Waals surface area contributed by atoms with Crippen molar-refractivity contribution in [1.82, 2.24) is 9.80 Å². The standard InChI is InChI=1S/C36H66N4O4/c1-5-7-9-11-13-15-17-19-21-23-28-39(3)31-43-35(41)37-33-26-25-27-34(30-33)38-36(42)44-32-40(4)29-24-22-20-18-16-14-12-10-8-6-2/h25-27,30H,5-24,28-29,31-32H2,1-4H3,(H,37,41)(H,38,42). The topological polar surface area (TPSA) is 83.1 Å². The number of unbranched alkanes of at least 4 members (excludes halogenated alkanes) is 18. The number of nitrogens with zero attached hydrogens (tertiary/aromatic N) is 2. The van der Waals surface area contributed by atoms with Crippen molar-refractivity contribution in [2.24, 2.45) is 0 Å². The predicted octanol–water partition coefficient (Wildman–Crippen LogP) is 10.4. The highest BCUT2D eigenvalue weighted by Gasteiger charge is 2.09. The first-order chi connectivity index (χ1) is 21.4. The van der Waals surface area contributed by atoms with Gasteiger partial charge in [0.05, 0.1) is 0 Å². The number of anilines is 2. The van der Waals surface area contributed by atoms with Crippen LogP contribution in [0.1, 0.15) is 142 Å². The van der Waals surface area contributed by atoms with E-state index in [0.29, 0.717) is 11.4 Å². The van der Waals surface area contributed by atoms with E-state index < -0.39 is 12.2 Å². The van der Waals surface area contributed by atoms with Gasteiger partial charge in [0, 0.05) is 24.5 Å². The van der Waals surface area contributed by atoms with Crippen LogP contribution in [0.15, 0.2) is 24.3 Å². The molecule has 0 atom stereocenters. The van der Waals surface area contributed by atoms with Gasteiger partial charge in [-0.3, -0.25) is 20.4 Å². The average molecular weight is 619 g/mol. The maximum absolute atomic E-state index is 12.3. The Morgan fingerprint density at radius 2 is 0.864 bits per heavy atom. The van der Waals surface area contributed by atoms with Crippen LogP contribution in [0.5, 0.6) is 0 Å². The normalized spacial score (nSPS) is 11.2. The van der Waals surface area contributed by atoms with Gasteiger partial charge in [-0.2, -0.15) is 0 Å². The smallest absolute Gasteiger partial charge is 0.412 e. The van der Waals surface area contributed by atoms with Crippen molar-refractivity contribution in [3.63, 3.8) is 0 Å². The Morgan fingerprint density at radius 1 is 0.545 bits per heavy atom. The van der Waals surface area contributed by atoms with Crippen LogP contribution in [0, 0.1) is 0 Å². The Kier molecular flexibility index (Phi) is 25.4. The zero-order chi connectivity index (χ0) is 32.1. The number of hydrogen-bond acceptors (Lipinski definition) is 6. The highest BCUT2D eigenvalue weighted by atomic mass is 16.6. The van der Waals surface area contributed by atoms with Crippen molar-refractivity contribution >= 4 is 23.6 Å². The summed E-state index contributed by atoms with van der Waals surface area (Å²) in [5.41, 5.74) is 1.09. The van der Waals surface area contributed by atoms with Crippen LogP contribution in [0.4, 0.5) is 21.0 Å². The number of carbonyl (C=O) groups excluding carboxylic acids is 2. The molecule has 2 amide bonds. The molecule has 2 N–H and O–H groups in total.